The van der Waals surface area contributed by atoms with E-state index in [-0.39, 0.29) is 18.3 Å². The van der Waals surface area contributed by atoms with Crippen molar-refractivity contribution in [1.29, 1.82) is 0 Å². The topological polar surface area (TPSA) is 58.5 Å². The zero-order valence-corrected chi connectivity index (χ0v) is 13.9. The van der Waals surface area contributed by atoms with Crippen molar-refractivity contribution >= 4 is 21.7 Å². The molecule has 20 heavy (non-hydrogen) atoms. The number of aliphatic hydroxyl groups excluding tert-OH is 1. The van der Waals surface area contributed by atoms with E-state index in [0.29, 0.717) is 6.54 Å². The summed E-state index contributed by atoms with van der Waals surface area (Å²) in [6, 6.07) is 1.93. The number of hydrogen-bond donors (Lipinski definition) is 1. The average Bonchev–Trinajstić information content (AvgIpc) is 2.36. The van der Waals surface area contributed by atoms with Gasteiger partial charge in [0, 0.05) is 25.6 Å². The number of rotatable bonds is 4. The number of anilines is 1. The van der Waals surface area contributed by atoms with Crippen LogP contribution in [0, 0.1) is 0 Å². The Morgan fingerprint density at radius 1 is 1.50 bits per heavy atom. The number of ether oxygens (including phenoxy) is 1. The first kappa shape index (κ1) is 15.7. The van der Waals surface area contributed by atoms with E-state index in [1.807, 2.05) is 19.9 Å². The van der Waals surface area contributed by atoms with Crippen molar-refractivity contribution in [1.82, 2.24) is 9.97 Å². The van der Waals surface area contributed by atoms with E-state index in [1.54, 1.807) is 0 Å². The monoisotopic (exact) mass is 343 g/mol. The van der Waals surface area contributed by atoms with Crippen LogP contribution >= 0.6 is 15.9 Å². The molecule has 1 atom stereocenters. The van der Waals surface area contributed by atoms with Crippen molar-refractivity contribution in [2.75, 3.05) is 24.6 Å². The van der Waals surface area contributed by atoms with Crippen LogP contribution in [0.5, 0.6) is 0 Å². The second kappa shape index (κ2) is 6.37. The zero-order chi connectivity index (χ0) is 14.8. The Kier molecular flexibility index (Phi) is 4.99. The van der Waals surface area contributed by atoms with E-state index in [1.165, 1.54) is 0 Å². The number of aryl methyl sites for hydroxylation is 1. The smallest absolute Gasteiger partial charge is 0.133 e. The first-order valence-corrected chi connectivity index (χ1v) is 7.80. The molecular weight excluding hydrogens is 322 g/mol. The fourth-order valence-corrected chi connectivity index (χ4v) is 2.92. The van der Waals surface area contributed by atoms with Gasteiger partial charge in [0.25, 0.3) is 0 Å². The second-order valence-electron chi connectivity index (χ2n) is 5.78. The summed E-state index contributed by atoms with van der Waals surface area (Å²) in [6.07, 6.45) is 1.70. The van der Waals surface area contributed by atoms with E-state index in [4.69, 9.17) is 4.74 Å². The summed E-state index contributed by atoms with van der Waals surface area (Å²) in [4.78, 5) is 11.2. The van der Waals surface area contributed by atoms with E-state index in [9.17, 15) is 5.11 Å². The van der Waals surface area contributed by atoms with E-state index < -0.39 is 0 Å². The van der Waals surface area contributed by atoms with Crippen molar-refractivity contribution in [3.05, 3.63) is 16.5 Å². The molecule has 5 nitrogen and oxygen atoms in total. The predicted molar refractivity (Wildman–Crippen MR) is 82.0 cm³/mol. The van der Waals surface area contributed by atoms with Crippen LogP contribution in [0.1, 0.15) is 33.0 Å². The van der Waals surface area contributed by atoms with Crippen LogP contribution in [-0.2, 0) is 11.2 Å². The summed E-state index contributed by atoms with van der Waals surface area (Å²) in [7, 11) is 0. The third-order valence-electron chi connectivity index (χ3n) is 3.21. The molecule has 0 spiro atoms. The fourth-order valence-electron chi connectivity index (χ4n) is 2.51. The fraction of sp³-hybridized carbons (Fsp3) is 0.714. The van der Waals surface area contributed by atoms with Gasteiger partial charge >= 0.3 is 0 Å². The number of morpholine rings is 1. The molecule has 0 saturated carbocycles. The molecule has 0 aliphatic carbocycles. The molecule has 1 N–H and O–H groups in total. The Bertz CT molecular complexity index is 468. The van der Waals surface area contributed by atoms with E-state index in [2.05, 4.69) is 37.7 Å². The lowest BCUT2D eigenvalue weighted by Gasteiger charge is -2.42. The maximum absolute atomic E-state index is 9.39. The van der Waals surface area contributed by atoms with Gasteiger partial charge in [-0.3, -0.25) is 0 Å². The number of nitrogens with zero attached hydrogens (tertiary/aromatic N) is 3. The van der Waals surface area contributed by atoms with Crippen LogP contribution in [-0.4, -0.2) is 46.5 Å². The van der Waals surface area contributed by atoms with Crippen LogP contribution in [0.4, 0.5) is 5.82 Å². The highest BCUT2D eigenvalue weighted by molar-refractivity contribution is 9.10. The summed E-state index contributed by atoms with van der Waals surface area (Å²) >= 11 is 3.45. The molecule has 1 aromatic heterocycles. The van der Waals surface area contributed by atoms with Gasteiger partial charge in [0.2, 0.25) is 0 Å². The Balaban J connectivity index is 2.25. The lowest BCUT2D eigenvalue weighted by atomic mass is 10.1. The number of aromatic nitrogens is 2. The minimum Gasteiger partial charge on any atom is -0.394 e. The van der Waals surface area contributed by atoms with Crippen molar-refractivity contribution in [3.63, 3.8) is 0 Å². The highest BCUT2D eigenvalue weighted by Crippen LogP contribution is 2.26. The van der Waals surface area contributed by atoms with Gasteiger partial charge in [-0.25, -0.2) is 9.97 Å². The number of halogens is 1. The summed E-state index contributed by atoms with van der Waals surface area (Å²) in [6.45, 7) is 7.60. The molecule has 1 saturated heterocycles. The second-order valence-corrected chi connectivity index (χ2v) is 6.59. The maximum atomic E-state index is 9.39. The summed E-state index contributed by atoms with van der Waals surface area (Å²) in [5.74, 6) is 1.74. The molecule has 1 aromatic rings. The van der Waals surface area contributed by atoms with Crippen LogP contribution in [0.3, 0.4) is 0 Å². The van der Waals surface area contributed by atoms with Gasteiger partial charge in [0.05, 0.1) is 18.3 Å². The van der Waals surface area contributed by atoms with Gasteiger partial charge < -0.3 is 14.7 Å². The SMILES string of the molecule is CCCc1nc(Br)cc(N2CC(CO)OC(C)(C)C2)n1. The molecule has 0 bridgehead atoms. The third-order valence-corrected chi connectivity index (χ3v) is 3.62. The maximum Gasteiger partial charge on any atom is 0.133 e. The average molecular weight is 344 g/mol. The molecule has 0 amide bonds. The molecule has 1 aliphatic rings. The molecule has 0 aromatic carbocycles. The van der Waals surface area contributed by atoms with E-state index >= 15 is 0 Å². The molecule has 2 rings (SSSR count). The zero-order valence-electron chi connectivity index (χ0n) is 12.3. The quantitative estimate of drug-likeness (QED) is 0.849. The lowest BCUT2D eigenvalue weighted by Crippen LogP contribution is -2.54. The third kappa shape index (κ3) is 3.90. The van der Waals surface area contributed by atoms with Gasteiger partial charge in [-0.15, -0.1) is 0 Å². The first-order valence-electron chi connectivity index (χ1n) is 7.00. The van der Waals surface area contributed by atoms with Gasteiger partial charge in [0.1, 0.15) is 16.2 Å². The summed E-state index contributed by atoms with van der Waals surface area (Å²) in [5, 5.41) is 9.39. The van der Waals surface area contributed by atoms with E-state index in [0.717, 1.165) is 35.6 Å². The number of aliphatic hydroxyl groups is 1. The summed E-state index contributed by atoms with van der Waals surface area (Å²) in [5.41, 5.74) is -0.298. The van der Waals surface area contributed by atoms with Gasteiger partial charge in [0.15, 0.2) is 0 Å². The Morgan fingerprint density at radius 3 is 2.90 bits per heavy atom. The number of hydrogen-bond acceptors (Lipinski definition) is 5. The van der Waals surface area contributed by atoms with Gasteiger partial charge in [-0.2, -0.15) is 0 Å². The summed E-state index contributed by atoms with van der Waals surface area (Å²) < 4.78 is 6.64. The molecule has 112 valence electrons. The van der Waals surface area contributed by atoms with Gasteiger partial charge in [-0.05, 0) is 36.2 Å². The normalized spacial score (nSPS) is 22.1. The predicted octanol–water partition coefficient (Wildman–Crippen LogP) is 2.17. The largest absolute Gasteiger partial charge is 0.394 e. The minimum absolute atomic E-state index is 0.0218. The standard InChI is InChI=1S/C14H22BrN3O2/c1-4-5-12-16-11(15)6-13(17-12)18-7-10(8-19)20-14(2,3)9-18/h6,10,19H,4-5,7-9H2,1-3H3. The molecule has 1 fully saturated rings. The van der Waals surface area contributed by atoms with Crippen molar-refractivity contribution < 1.29 is 9.84 Å². The Hall–Kier alpha value is -0.720. The van der Waals surface area contributed by atoms with Crippen molar-refractivity contribution in [3.8, 4) is 0 Å². The Labute approximate surface area is 128 Å². The molecule has 0 radical (unpaired) electrons. The molecule has 1 aliphatic heterocycles. The van der Waals surface area contributed by atoms with Crippen LogP contribution < -0.4 is 4.90 Å². The first-order chi connectivity index (χ1) is 9.43. The molecular formula is C14H22BrN3O2. The molecule has 6 heteroatoms. The Morgan fingerprint density at radius 2 is 2.25 bits per heavy atom. The molecule has 1 unspecified atom stereocenters. The van der Waals surface area contributed by atoms with Crippen molar-refractivity contribution in [2.45, 2.75) is 45.3 Å². The van der Waals surface area contributed by atoms with Crippen LogP contribution in [0.15, 0.2) is 10.7 Å². The minimum atomic E-state index is -0.298. The van der Waals surface area contributed by atoms with Gasteiger partial charge in [-0.1, -0.05) is 6.92 Å². The molecule has 2 heterocycles. The van der Waals surface area contributed by atoms with Crippen LogP contribution in [0.2, 0.25) is 0 Å². The highest BCUT2D eigenvalue weighted by Gasteiger charge is 2.33. The van der Waals surface area contributed by atoms with Crippen molar-refractivity contribution in [2.24, 2.45) is 0 Å². The van der Waals surface area contributed by atoms with Crippen LogP contribution in [0.25, 0.3) is 0 Å². The lowest BCUT2D eigenvalue weighted by molar-refractivity contribution is -0.101. The highest BCUT2D eigenvalue weighted by atomic mass is 79.9.